The van der Waals surface area contributed by atoms with Crippen molar-refractivity contribution in [3.8, 4) is 0 Å². The smallest absolute Gasteiger partial charge is 0.243 e. The molecule has 2 N–H and O–H groups in total. The van der Waals surface area contributed by atoms with E-state index in [0.717, 1.165) is 32.2 Å². The van der Waals surface area contributed by atoms with Crippen molar-refractivity contribution in [1.82, 2.24) is 10.0 Å². The highest BCUT2D eigenvalue weighted by molar-refractivity contribution is 7.89. The van der Waals surface area contributed by atoms with Crippen LogP contribution in [0.15, 0.2) is 17.0 Å². The highest BCUT2D eigenvalue weighted by Gasteiger charge is 2.21. The molecule has 0 aromatic heterocycles. The Morgan fingerprint density at radius 2 is 1.48 bits per heavy atom. The molecule has 0 saturated carbocycles. The summed E-state index contributed by atoms with van der Waals surface area (Å²) in [5, 5.41) is 3.41. The summed E-state index contributed by atoms with van der Waals surface area (Å²) in [6.45, 7) is 1.33. The van der Waals surface area contributed by atoms with Crippen molar-refractivity contribution in [3.05, 3.63) is 27.2 Å². The van der Waals surface area contributed by atoms with Crippen LogP contribution >= 0.6 is 34.8 Å². The van der Waals surface area contributed by atoms with Gasteiger partial charge in [0.05, 0.1) is 10.0 Å². The number of halogens is 3. The van der Waals surface area contributed by atoms with Gasteiger partial charge < -0.3 is 5.32 Å². The Morgan fingerprint density at radius 1 is 0.952 bits per heavy atom. The second-order valence-electron chi connectivity index (χ2n) is 4.61. The second-order valence-corrected chi connectivity index (χ2v) is 7.57. The first-order valence-electron chi connectivity index (χ1n) is 6.67. The molecule has 0 radical (unpaired) electrons. The van der Waals surface area contributed by atoms with E-state index >= 15 is 0 Å². The minimum atomic E-state index is -3.72. The molecular formula is C13H19Cl3N2O2S. The highest BCUT2D eigenvalue weighted by Crippen LogP contribution is 2.32. The lowest BCUT2D eigenvalue weighted by Gasteiger charge is -2.10. The van der Waals surface area contributed by atoms with Crippen LogP contribution in [-0.2, 0) is 10.0 Å². The van der Waals surface area contributed by atoms with E-state index in [2.05, 4.69) is 10.0 Å². The van der Waals surface area contributed by atoms with Crippen molar-refractivity contribution in [1.29, 1.82) is 0 Å². The molecule has 4 nitrogen and oxygen atoms in total. The van der Waals surface area contributed by atoms with E-state index in [1.807, 2.05) is 7.05 Å². The monoisotopic (exact) mass is 372 g/mol. The number of hydrogen-bond acceptors (Lipinski definition) is 3. The number of unbranched alkanes of at least 4 members (excludes halogenated alkanes) is 3. The summed E-state index contributed by atoms with van der Waals surface area (Å²) in [5.74, 6) is 0. The molecule has 0 amide bonds. The van der Waals surface area contributed by atoms with E-state index < -0.39 is 10.0 Å². The fourth-order valence-corrected chi connectivity index (χ4v) is 4.46. The van der Waals surface area contributed by atoms with Crippen molar-refractivity contribution in [2.45, 2.75) is 30.6 Å². The second kappa shape index (κ2) is 9.18. The maximum atomic E-state index is 12.2. The van der Waals surface area contributed by atoms with Crippen molar-refractivity contribution >= 4 is 44.8 Å². The van der Waals surface area contributed by atoms with E-state index in [4.69, 9.17) is 34.8 Å². The van der Waals surface area contributed by atoms with Gasteiger partial charge in [-0.3, -0.25) is 0 Å². The van der Waals surface area contributed by atoms with Gasteiger partial charge in [-0.2, -0.15) is 0 Å². The first kappa shape index (κ1) is 19.0. The van der Waals surface area contributed by atoms with E-state index in [9.17, 15) is 8.42 Å². The quantitative estimate of drug-likeness (QED) is 0.649. The van der Waals surface area contributed by atoms with Gasteiger partial charge in [-0.25, -0.2) is 13.1 Å². The summed E-state index contributed by atoms with van der Waals surface area (Å²) >= 11 is 17.6. The van der Waals surface area contributed by atoms with Gasteiger partial charge >= 0.3 is 0 Å². The zero-order valence-corrected chi connectivity index (χ0v) is 14.8. The van der Waals surface area contributed by atoms with E-state index in [1.54, 1.807) is 0 Å². The molecule has 0 unspecified atom stereocenters. The summed E-state index contributed by atoms with van der Waals surface area (Å²) < 4.78 is 26.9. The van der Waals surface area contributed by atoms with E-state index in [0.29, 0.717) is 11.6 Å². The number of hydrogen-bond donors (Lipinski definition) is 2. The molecule has 0 spiro atoms. The van der Waals surface area contributed by atoms with Gasteiger partial charge in [0.15, 0.2) is 0 Å². The summed E-state index contributed by atoms with van der Waals surface area (Å²) in [6, 6.07) is 2.72. The fourth-order valence-electron chi connectivity index (χ4n) is 1.84. The largest absolute Gasteiger partial charge is 0.320 e. The molecule has 120 valence electrons. The first-order valence-corrected chi connectivity index (χ1v) is 9.29. The van der Waals surface area contributed by atoms with Crippen LogP contribution < -0.4 is 10.0 Å². The Balaban J connectivity index is 2.55. The summed E-state index contributed by atoms with van der Waals surface area (Å²) in [4.78, 5) is -0.120. The molecule has 1 aromatic rings. The van der Waals surface area contributed by atoms with Gasteiger partial charge in [0, 0.05) is 11.6 Å². The molecule has 0 bridgehead atoms. The molecule has 0 aliphatic rings. The Hall–Kier alpha value is -0.0400. The maximum Gasteiger partial charge on any atom is 0.243 e. The molecule has 21 heavy (non-hydrogen) atoms. The molecule has 0 fully saturated rings. The topological polar surface area (TPSA) is 58.2 Å². The van der Waals surface area contributed by atoms with Crippen LogP contribution in [0.5, 0.6) is 0 Å². The average molecular weight is 374 g/mol. The fraction of sp³-hybridized carbons (Fsp3) is 0.538. The minimum Gasteiger partial charge on any atom is -0.320 e. The van der Waals surface area contributed by atoms with Gasteiger partial charge in [-0.1, -0.05) is 47.6 Å². The molecule has 1 aromatic carbocycles. The van der Waals surface area contributed by atoms with Crippen LogP contribution in [-0.4, -0.2) is 28.6 Å². The number of rotatable bonds is 9. The SMILES string of the molecule is CNCCCCCCNS(=O)(=O)c1c(Cl)cc(Cl)cc1Cl. The third kappa shape index (κ3) is 6.30. The average Bonchev–Trinajstić information content (AvgIpc) is 2.35. The van der Waals surface area contributed by atoms with Crippen LogP contribution in [0.25, 0.3) is 0 Å². The summed E-state index contributed by atoms with van der Waals surface area (Å²) in [6.07, 6.45) is 3.88. The maximum absolute atomic E-state index is 12.2. The number of benzene rings is 1. The Morgan fingerprint density at radius 3 is 2.00 bits per heavy atom. The normalized spacial score (nSPS) is 11.8. The zero-order chi connectivity index (χ0) is 15.9. The van der Waals surface area contributed by atoms with Crippen LogP contribution in [0.4, 0.5) is 0 Å². The lowest BCUT2D eigenvalue weighted by molar-refractivity contribution is 0.569. The predicted molar refractivity (Wildman–Crippen MR) is 89.1 cm³/mol. The molecular weight excluding hydrogens is 355 g/mol. The standard InChI is InChI=1S/C13H19Cl3N2O2S/c1-17-6-4-2-3-5-7-18-21(19,20)13-11(15)8-10(14)9-12(13)16/h8-9,17-18H,2-7H2,1H3. The van der Waals surface area contributed by atoms with Gasteiger partial charge in [0.1, 0.15) is 4.90 Å². The Labute approximate surface area is 141 Å². The number of sulfonamides is 1. The lowest BCUT2D eigenvalue weighted by Crippen LogP contribution is -2.25. The summed E-state index contributed by atoms with van der Waals surface area (Å²) in [5.41, 5.74) is 0. The molecule has 1 rings (SSSR count). The third-order valence-electron chi connectivity index (χ3n) is 2.88. The van der Waals surface area contributed by atoms with Crippen LogP contribution in [0.1, 0.15) is 25.7 Å². The van der Waals surface area contributed by atoms with Gasteiger partial charge in [0.2, 0.25) is 10.0 Å². The first-order chi connectivity index (χ1) is 9.88. The molecule has 0 aliphatic heterocycles. The molecule has 0 aliphatic carbocycles. The highest BCUT2D eigenvalue weighted by atomic mass is 35.5. The van der Waals surface area contributed by atoms with Crippen molar-refractivity contribution in [2.24, 2.45) is 0 Å². The lowest BCUT2D eigenvalue weighted by atomic mass is 10.2. The molecule has 0 saturated heterocycles. The summed E-state index contributed by atoms with van der Waals surface area (Å²) in [7, 11) is -1.81. The van der Waals surface area contributed by atoms with Gasteiger partial charge in [0.25, 0.3) is 0 Å². The van der Waals surface area contributed by atoms with Crippen molar-refractivity contribution in [2.75, 3.05) is 20.1 Å². The van der Waals surface area contributed by atoms with Crippen molar-refractivity contribution in [3.63, 3.8) is 0 Å². The minimum absolute atomic E-state index is 0.0222. The Bertz CT molecular complexity index is 542. The molecule has 0 atom stereocenters. The van der Waals surface area contributed by atoms with Gasteiger partial charge in [-0.05, 0) is 38.6 Å². The third-order valence-corrected chi connectivity index (χ3v) is 5.48. The number of nitrogens with one attached hydrogen (secondary N) is 2. The van der Waals surface area contributed by atoms with E-state index in [-0.39, 0.29) is 14.9 Å². The molecule has 0 heterocycles. The van der Waals surface area contributed by atoms with Gasteiger partial charge in [-0.15, -0.1) is 0 Å². The van der Waals surface area contributed by atoms with Crippen LogP contribution in [0.2, 0.25) is 15.1 Å². The Kier molecular flexibility index (Phi) is 8.31. The molecule has 8 heteroatoms. The van der Waals surface area contributed by atoms with Crippen LogP contribution in [0, 0.1) is 0 Å². The predicted octanol–water partition coefficient (Wildman–Crippen LogP) is 3.70. The van der Waals surface area contributed by atoms with Crippen LogP contribution in [0.3, 0.4) is 0 Å². The zero-order valence-electron chi connectivity index (χ0n) is 11.8. The van der Waals surface area contributed by atoms with Crippen molar-refractivity contribution < 1.29 is 8.42 Å². The van der Waals surface area contributed by atoms with E-state index in [1.165, 1.54) is 12.1 Å².